The fourth-order valence-corrected chi connectivity index (χ4v) is 1.04. The van der Waals surface area contributed by atoms with E-state index in [1.165, 1.54) is 0 Å². The standard InChI is InChI=1S/C10H17N3O2/c1-9-7-11-8-10(13-9)12-3-4-15-6-5-14-2/h7-8H,3-6H2,1-2H3,(H,12,13). The van der Waals surface area contributed by atoms with Crippen LogP contribution in [0.3, 0.4) is 0 Å². The molecule has 0 saturated carbocycles. The van der Waals surface area contributed by atoms with Crippen LogP contribution in [0.1, 0.15) is 5.69 Å². The summed E-state index contributed by atoms with van der Waals surface area (Å²) in [4.78, 5) is 8.28. The maximum Gasteiger partial charge on any atom is 0.144 e. The van der Waals surface area contributed by atoms with E-state index in [1.54, 1.807) is 19.5 Å². The van der Waals surface area contributed by atoms with Crippen molar-refractivity contribution < 1.29 is 9.47 Å². The normalized spacial score (nSPS) is 10.3. The number of aromatic nitrogens is 2. The number of rotatable bonds is 7. The number of methoxy groups -OCH3 is 1. The van der Waals surface area contributed by atoms with Crippen LogP contribution in [-0.4, -0.2) is 43.4 Å². The van der Waals surface area contributed by atoms with Gasteiger partial charge in [0.1, 0.15) is 5.82 Å². The largest absolute Gasteiger partial charge is 0.382 e. The summed E-state index contributed by atoms with van der Waals surface area (Å²) in [6.45, 7) is 4.52. The van der Waals surface area contributed by atoms with Crippen LogP contribution in [0.25, 0.3) is 0 Å². The zero-order valence-electron chi connectivity index (χ0n) is 9.19. The molecular weight excluding hydrogens is 194 g/mol. The zero-order chi connectivity index (χ0) is 10.9. The van der Waals surface area contributed by atoms with Crippen molar-refractivity contribution in [1.29, 1.82) is 0 Å². The van der Waals surface area contributed by atoms with Gasteiger partial charge in [0.15, 0.2) is 0 Å². The molecule has 0 spiro atoms. The summed E-state index contributed by atoms with van der Waals surface area (Å²) in [7, 11) is 1.66. The molecule has 0 atom stereocenters. The van der Waals surface area contributed by atoms with E-state index in [0.29, 0.717) is 19.8 Å². The molecule has 0 unspecified atom stereocenters. The van der Waals surface area contributed by atoms with E-state index in [4.69, 9.17) is 9.47 Å². The Morgan fingerprint density at radius 3 is 2.87 bits per heavy atom. The van der Waals surface area contributed by atoms with Crippen LogP contribution >= 0.6 is 0 Å². The predicted molar refractivity (Wildman–Crippen MR) is 58.0 cm³/mol. The number of ether oxygens (including phenoxy) is 2. The second-order valence-corrected chi connectivity index (χ2v) is 3.08. The average molecular weight is 211 g/mol. The molecule has 1 rings (SSSR count). The molecule has 5 heteroatoms. The van der Waals surface area contributed by atoms with Crippen molar-refractivity contribution in [2.45, 2.75) is 6.92 Å². The summed E-state index contributed by atoms with van der Waals surface area (Å²) in [5.74, 6) is 0.783. The zero-order valence-corrected chi connectivity index (χ0v) is 9.19. The van der Waals surface area contributed by atoms with Gasteiger partial charge in [-0.25, -0.2) is 4.98 Å². The highest BCUT2D eigenvalue weighted by atomic mass is 16.5. The molecule has 0 amide bonds. The molecule has 1 aromatic rings. The van der Waals surface area contributed by atoms with Crippen LogP contribution in [0, 0.1) is 6.92 Å². The van der Waals surface area contributed by atoms with Crippen LogP contribution in [0.5, 0.6) is 0 Å². The molecule has 15 heavy (non-hydrogen) atoms. The molecule has 0 radical (unpaired) electrons. The monoisotopic (exact) mass is 211 g/mol. The van der Waals surface area contributed by atoms with Crippen molar-refractivity contribution in [2.24, 2.45) is 0 Å². The minimum atomic E-state index is 0.623. The lowest BCUT2D eigenvalue weighted by Gasteiger charge is -2.06. The van der Waals surface area contributed by atoms with Crippen molar-refractivity contribution in [1.82, 2.24) is 9.97 Å². The van der Waals surface area contributed by atoms with Gasteiger partial charge < -0.3 is 14.8 Å². The minimum absolute atomic E-state index is 0.623. The van der Waals surface area contributed by atoms with Crippen LogP contribution in [0.15, 0.2) is 12.4 Å². The number of nitrogens with one attached hydrogen (secondary N) is 1. The molecule has 0 aliphatic carbocycles. The van der Waals surface area contributed by atoms with E-state index in [9.17, 15) is 0 Å². The van der Waals surface area contributed by atoms with Gasteiger partial charge >= 0.3 is 0 Å². The lowest BCUT2D eigenvalue weighted by Crippen LogP contribution is -2.12. The molecule has 0 aliphatic heterocycles. The Morgan fingerprint density at radius 2 is 2.13 bits per heavy atom. The molecule has 0 saturated heterocycles. The van der Waals surface area contributed by atoms with Crippen molar-refractivity contribution in [3.63, 3.8) is 0 Å². The molecule has 5 nitrogen and oxygen atoms in total. The van der Waals surface area contributed by atoms with Gasteiger partial charge in [0.05, 0.1) is 31.7 Å². The first-order valence-corrected chi connectivity index (χ1v) is 4.92. The van der Waals surface area contributed by atoms with E-state index in [-0.39, 0.29) is 0 Å². The van der Waals surface area contributed by atoms with Crippen molar-refractivity contribution in [3.05, 3.63) is 18.1 Å². The van der Waals surface area contributed by atoms with E-state index >= 15 is 0 Å². The third kappa shape index (κ3) is 5.29. The maximum atomic E-state index is 5.29. The third-order valence-corrected chi connectivity index (χ3v) is 1.74. The lowest BCUT2D eigenvalue weighted by molar-refractivity contribution is 0.0759. The topological polar surface area (TPSA) is 56.3 Å². The van der Waals surface area contributed by atoms with Crippen LogP contribution in [0.4, 0.5) is 5.82 Å². The highest BCUT2D eigenvalue weighted by Gasteiger charge is 1.94. The fourth-order valence-electron chi connectivity index (χ4n) is 1.04. The Kier molecular flexibility index (Phi) is 5.65. The Morgan fingerprint density at radius 1 is 1.27 bits per heavy atom. The summed E-state index contributed by atoms with van der Waals surface area (Å²) in [6.07, 6.45) is 3.42. The summed E-state index contributed by atoms with van der Waals surface area (Å²) in [5.41, 5.74) is 0.903. The van der Waals surface area contributed by atoms with Gasteiger partial charge in [0.2, 0.25) is 0 Å². The number of nitrogens with zero attached hydrogens (tertiary/aromatic N) is 2. The second-order valence-electron chi connectivity index (χ2n) is 3.08. The highest BCUT2D eigenvalue weighted by Crippen LogP contribution is 1.99. The first-order chi connectivity index (χ1) is 7.33. The molecule has 0 bridgehead atoms. The van der Waals surface area contributed by atoms with Gasteiger partial charge in [-0.05, 0) is 6.92 Å². The van der Waals surface area contributed by atoms with Crippen LogP contribution < -0.4 is 5.32 Å². The minimum Gasteiger partial charge on any atom is -0.382 e. The van der Waals surface area contributed by atoms with E-state index in [2.05, 4.69) is 15.3 Å². The van der Waals surface area contributed by atoms with Gasteiger partial charge in [-0.3, -0.25) is 4.98 Å². The van der Waals surface area contributed by atoms with Gasteiger partial charge in [0.25, 0.3) is 0 Å². The molecule has 0 aliphatic rings. The Bertz CT molecular complexity index is 281. The number of aryl methyl sites for hydroxylation is 1. The fraction of sp³-hybridized carbons (Fsp3) is 0.600. The van der Waals surface area contributed by atoms with E-state index < -0.39 is 0 Å². The first kappa shape index (κ1) is 11.9. The molecule has 1 aromatic heterocycles. The Labute approximate surface area is 89.8 Å². The Balaban J connectivity index is 2.10. The van der Waals surface area contributed by atoms with Gasteiger partial charge in [-0.2, -0.15) is 0 Å². The smallest absolute Gasteiger partial charge is 0.144 e. The van der Waals surface area contributed by atoms with Crippen molar-refractivity contribution >= 4 is 5.82 Å². The third-order valence-electron chi connectivity index (χ3n) is 1.74. The Hall–Kier alpha value is -1.20. The van der Waals surface area contributed by atoms with Gasteiger partial charge in [-0.1, -0.05) is 0 Å². The molecule has 0 fully saturated rings. The highest BCUT2D eigenvalue weighted by molar-refractivity contribution is 5.31. The van der Waals surface area contributed by atoms with Crippen molar-refractivity contribution in [2.75, 3.05) is 38.8 Å². The molecular formula is C10H17N3O2. The molecule has 1 N–H and O–H groups in total. The summed E-state index contributed by atoms with van der Waals surface area (Å²) < 4.78 is 10.1. The quantitative estimate of drug-likeness (QED) is 0.678. The van der Waals surface area contributed by atoms with Crippen LogP contribution in [-0.2, 0) is 9.47 Å². The van der Waals surface area contributed by atoms with Crippen molar-refractivity contribution in [3.8, 4) is 0 Å². The summed E-state index contributed by atoms with van der Waals surface area (Å²) in [5, 5.41) is 3.12. The van der Waals surface area contributed by atoms with Gasteiger partial charge in [-0.15, -0.1) is 0 Å². The second kappa shape index (κ2) is 7.14. The number of hydrogen-bond acceptors (Lipinski definition) is 5. The average Bonchev–Trinajstić information content (AvgIpc) is 2.23. The van der Waals surface area contributed by atoms with E-state index in [1.807, 2.05) is 6.92 Å². The molecule has 84 valence electrons. The number of anilines is 1. The summed E-state index contributed by atoms with van der Waals surface area (Å²) in [6, 6.07) is 0. The molecule has 0 aromatic carbocycles. The van der Waals surface area contributed by atoms with E-state index in [0.717, 1.165) is 18.1 Å². The lowest BCUT2D eigenvalue weighted by atomic mass is 10.5. The molecule has 1 heterocycles. The first-order valence-electron chi connectivity index (χ1n) is 4.92. The SMILES string of the molecule is COCCOCCNc1cncc(C)n1. The summed E-state index contributed by atoms with van der Waals surface area (Å²) >= 11 is 0. The maximum absolute atomic E-state index is 5.29. The number of hydrogen-bond donors (Lipinski definition) is 1. The van der Waals surface area contributed by atoms with Crippen LogP contribution in [0.2, 0.25) is 0 Å². The predicted octanol–water partition coefficient (Wildman–Crippen LogP) is 0.860. The van der Waals surface area contributed by atoms with Gasteiger partial charge in [0, 0.05) is 19.9 Å².